The van der Waals surface area contributed by atoms with Crippen LogP contribution in [0.5, 0.6) is 0 Å². The molecule has 0 atom stereocenters. The highest BCUT2D eigenvalue weighted by Crippen LogP contribution is 2.31. The molecule has 10 heteroatoms. The summed E-state index contributed by atoms with van der Waals surface area (Å²) in [6, 6.07) is 16.2. The van der Waals surface area contributed by atoms with Crippen molar-refractivity contribution in [1.82, 2.24) is 9.78 Å². The molecule has 3 N–H and O–H groups in total. The number of aliphatic carboxylic acids is 1. The van der Waals surface area contributed by atoms with Crippen LogP contribution in [-0.4, -0.2) is 45.8 Å². The fourth-order valence-electron chi connectivity index (χ4n) is 5.09. The molecule has 1 saturated heterocycles. The summed E-state index contributed by atoms with van der Waals surface area (Å²) in [7, 11) is 0. The van der Waals surface area contributed by atoms with Crippen molar-refractivity contribution in [2.24, 2.45) is 0 Å². The average molecular weight is 544 g/mol. The lowest BCUT2D eigenvalue weighted by atomic mass is 10.1. The fraction of sp³-hybridized carbons (Fsp3) is 0.267. The number of para-hydroxylation sites is 1. The molecule has 4 aromatic rings. The van der Waals surface area contributed by atoms with Crippen molar-refractivity contribution in [1.29, 1.82) is 0 Å². The molecule has 40 heavy (non-hydrogen) atoms. The Morgan fingerprint density at radius 2 is 1.68 bits per heavy atom. The summed E-state index contributed by atoms with van der Waals surface area (Å²) in [4.78, 5) is 40.2. The minimum absolute atomic E-state index is 0.151. The van der Waals surface area contributed by atoms with Gasteiger partial charge in [0.1, 0.15) is 5.82 Å². The van der Waals surface area contributed by atoms with E-state index < -0.39 is 24.1 Å². The van der Waals surface area contributed by atoms with Crippen LogP contribution in [0.4, 0.5) is 21.5 Å². The molecule has 1 aliphatic rings. The third-order valence-corrected chi connectivity index (χ3v) is 7.03. The Hall–Kier alpha value is -4.73. The number of benzene rings is 3. The number of carboxylic acids is 1. The van der Waals surface area contributed by atoms with E-state index in [1.165, 1.54) is 6.07 Å². The maximum absolute atomic E-state index is 13.8. The summed E-state index contributed by atoms with van der Waals surface area (Å²) in [5, 5.41) is 20.2. The number of hydrogen-bond donors (Lipinski definition) is 3. The highest BCUT2D eigenvalue weighted by atomic mass is 19.1. The van der Waals surface area contributed by atoms with Gasteiger partial charge in [0.05, 0.1) is 23.3 Å². The van der Waals surface area contributed by atoms with Gasteiger partial charge in [-0.3, -0.25) is 19.1 Å². The highest BCUT2D eigenvalue weighted by Gasteiger charge is 2.22. The van der Waals surface area contributed by atoms with Crippen LogP contribution >= 0.6 is 0 Å². The molecule has 2 heterocycles. The van der Waals surface area contributed by atoms with Crippen LogP contribution in [0.15, 0.2) is 60.7 Å². The highest BCUT2D eigenvalue weighted by molar-refractivity contribution is 6.13. The Bertz CT molecular complexity index is 1590. The molecule has 0 saturated carbocycles. The smallest absolute Gasteiger partial charge is 0.307 e. The maximum atomic E-state index is 13.8. The molecule has 0 bridgehead atoms. The number of anilines is 3. The molecule has 1 aliphatic heterocycles. The Labute approximate surface area is 230 Å². The predicted octanol–water partition coefficient (Wildman–Crippen LogP) is 5.32. The number of aryl methyl sites for hydroxylation is 1. The van der Waals surface area contributed by atoms with Crippen molar-refractivity contribution in [2.45, 2.75) is 39.2 Å². The zero-order chi connectivity index (χ0) is 28.2. The van der Waals surface area contributed by atoms with Crippen molar-refractivity contribution in [3.8, 4) is 0 Å². The molecule has 206 valence electrons. The number of carbonyl (C=O) groups excluding carboxylic acids is 2. The van der Waals surface area contributed by atoms with E-state index in [0.717, 1.165) is 61.1 Å². The molecule has 0 aliphatic carbocycles. The lowest BCUT2D eigenvalue weighted by Gasteiger charge is -2.30. The predicted molar refractivity (Wildman–Crippen MR) is 152 cm³/mol. The van der Waals surface area contributed by atoms with Crippen LogP contribution in [0, 0.1) is 5.82 Å². The quantitative estimate of drug-likeness (QED) is 0.277. The normalized spacial score (nSPS) is 13.3. The van der Waals surface area contributed by atoms with Crippen molar-refractivity contribution >= 4 is 45.7 Å². The SMILES string of the molecule is CCn1nc(C(=O)Nc2cc(C(=O)Nc3ccc(F)cc3CC(=O)O)ccc2N2CCCCC2)c2ccccc21. The van der Waals surface area contributed by atoms with Gasteiger partial charge in [-0.2, -0.15) is 5.10 Å². The molecule has 0 spiro atoms. The number of hydrogen-bond acceptors (Lipinski definition) is 5. The second kappa shape index (κ2) is 11.6. The van der Waals surface area contributed by atoms with Crippen molar-refractivity contribution in [3.05, 3.63) is 83.3 Å². The monoisotopic (exact) mass is 543 g/mol. The minimum Gasteiger partial charge on any atom is -0.481 e. The number of carbonyl (C=O) groups is 3. The number of aromatic nitrogens is 2. The van der Waals surface area contributed by atoms with Crippen molar-refractivity contribution in [3.63, 3.8) is 0 Å². The third-order valence-electron chi connectivity index (χ3n) is 7.03. The first-order valence-electron chi connectivity index (χ1n) is 13.3. The van der Waals surface area contributed by atoms with Gasteiger partial charge in [0.15, 0.2) is 5.69 Å². The topological polar surface area (TPSA) is 117 Å². The molecule has 1 aromatic heterocycles. The van der Waals surface area contributed by atoms with Gasteiger partial charge in [-0.25, -0.2) is 4.39 Å². The van der Waals surface area contributed by atoms with Gasteiger partial charge in [-0.1, -0.05) is 18.2 Å². The molecule has 0 unspecified atom stereocenters. The second-order valence-electron chi connectivity index (χ2n) is 9.74. The second-order valence-corrected chi connectivity index (χ2v) is 9.74. The Morgan fingerprint density at radius 3 is 2.42 bits per heavy atom. The van der Waals surface area contributed by atoms with Crippen molar-refractivity contribution in [2.75, 3.05) is 28.6 Å². The van der Waals surface area contributed by atoms with Gasteiger partial charge in [-0.15, -0.1) is 0 Å². The van der Waals surface area contributed by atoms with E-state index in [1.54, 1.807) is 22.9 Å². The molecule has 3 aromatic carbocycles. The summed E-state index contributed by atoms with van der Waals surface area (Å²) < 4.78 is 15.5. The van der Waals surface area contributed by atoms with E-state index >= 15 is 0 Å². The van der Waals surface area contributed by atoms with Crippen LogP contribution in [0.1, 0.15) is 52.6 Å². The van der Waals surface area contributed by atoms with Gasteiger partial charge < -0.3 is 20.6 Å². The van der Waals surface area contributed by atoms with E-state index in [2.05, 4.69) is 20.6 Å². The fourth-order valence-corrected chi connectivity index (χ4v) is 5.09. The third kappa shape index (κ3) is 5.66. The largest absolute Gasteiger partial charge is 0.481 e. The molecule has 5 rings (SSSR count). The number of nitrogens with one attached hydrogen (secondary N) is 2. The Morgan fingerprint density at radius 1 is 0.925 bits per heavy atom. The lowest BCUT2D eigenvalue weighted by Crippen LogP contribution is -2.30. The van der Waals surface area contributed by atoms with Gasteiger partial charge in [0.2, 0.25) is 0 Å². The van der Waals surface area contributed by atoms with E-state index in [1.807, 2.05) is 31.2 Å². The number of amides is 2. The van der Waals surface area contributed by atoms with E-state index in [4.69, 9.17) is 0 Å². The molecular formula is C30H30FN5O4. The van der Waals surface area contributed by atoms with Crippen LogP contribution in [0.2, 0.25) is 0 Å². The number of nitrogens with zero attached hydrogens (tertiary/aromatic N) is 3. The van der Waals surface area contributed by atoms with Gasteiger partial charge >= 0.3 is 5.97 Å². The first-order chi connectivity index (χ1) is 19.3. The van der Waals surface area contributed by atoms with Crippen LogP contribution in [0.3, 0.4) is 0 Å². The number of fused-ring (bicyclic) bond motifs is 1. The molecule has 1 fully saturated rings. The number of carboxylic acid groups (broad SMARTS) is 1. The van der Waals surface area contributed by atoms with Crippen LogP contribution in [-0.2, 0) is 17.8 Å². The summed E-state index contributed by atoms with van der Waals surface area (Å²) >= 11 is 0. The number of rotatable bonds is 8. The maximum Gasteiger partial charge on any atom is 0.307 e. The first-order valence-corrected chi connectivity index (χ1v) is 13.3. The van der Waals surface area contributed by atoms with E-state index in [0.29, 0.717) is 17.9 Å². The number of halogens is 1. The van der Waals surface area contributed by atoms with Crippen LogP contribution < -0.4 is 15.5 Å². The van der Waals surface area contributed by atoms with E-state index in [-0.39, 0.29) is 22.7 Å². The van der Waals surface area contributed by atoms with Gasteiger partial charge in [0.25, 0.3) is 11.8 Å². The zero-order valence-electron chi connectivity index (χ0n) is 22.1. The lowest BCUT2D eigenvalue weighted by molar-refractivity contribution is -0.136. The first kappa shape index (κ1) is 26.9. The molecule has 0 radical (unpaired) electrons. The molecular weight excluding hydrogens is 513 g/mol. The molecule has 2 amide bonds. The summed E-state index contributed by atoms with van der Waals surface area (Å²) in [6.45, 7) is 4.22. The van der Waals surface area contributed by atoms with Gasteiger partial charge in [-0.05, 0) is 74.2 Å². The Kier molecular flexibility index (Phi) is 7.77. The standard InChI is InChI=1S/C30H30FN5O4/c1-2-36-25-9-5-4-8-22(25)28(34-36)30(40)33-24-17-19(10-13-26(24)35-14-6-3-7-15-35)29(39)32-23-12-11-21(31)16-20(23)18-27(37)38/h4-5,8-13,16-17H,2-3,6-7,14-15,18H2,1H3,(H,32,39)(H,33,40)(H,37,38). The summed E-state index contributed by atoms with van der Waals surface area (Å²) in [6.07, 6.45) is 2.74. The van der Waals surface area contributed by atoms with Gasteiger partial charge in [0, 0.05) is 36.3 Å². The van der Waals surface area contributed by atoms with Crippen LogP contribution in [0.25, 0.3) is 10.9 Å². The molecule has 9 nitrogen and oxygen atoms in total. The summed E-state index contributed by atoms with van der Waals surface area (Å²) in [5.41, 5.74) is 3.04. The Balaban J connectivity index is 1.48. The average Bonchev–Trinajstić information content (AvgIpc) is 3.34. The van der Waals surface area contributed by atoms with Crippen molar-refractivity contribution < 1.29 is 23.9 Å². The minimum atomic E-state index is -1.14. The van der Waals surface area contributed by atoms with E-state index in [9.17, 15) is 23.9 Å². The zero-order valence-corrected chi connectivity index (χ0v) is 22.1. The number of piperidine rings is 1. The summed E-state index contributed by atoms with van der Waals surface area (Å²) in [5.74, 6) is -2.64.